The number of nitrogen functional groups attached to an aromatic ring is 1. The fraction of sp³-hybridized carbons (Fsp3) is 0.200. The highest BCUT2D eigenvalue weighted by atomic mass is 19.3. The molecule has 0 aliphatic rings. The molecule has 3 nitrogen and oxygen atoms in total. The van der Waals surface area contributed by atoms with Crippen molar-refractivity contribution in [2.24, 2.45) is 0 Å². The Morgan fingerprint density at radius 1 is 1.19 bits per heavy atom. The molecular weight excluding hydrogens is 281 g/mol. The zero-order chi connectivity index (χ0) is 15.4. The van der Waals surface area contributed by atoms with Gasteiger partial charge in [0, 0.05) is 25.7 Å². The van der Waals surface area contributed by atoms with Crippen molar-refractivity contribution >= 4 is 11.4 Å². The number of rotatable bonds is 5. The monoisotopic (exact) mass is 296 g/mol. The number of nitrogens with zero attached hydrogens (tertiary/aromatic N) is 1. The zero-order valence-electron chi connectivity index (χ0n) is 11.4. The van der Waals surface area contributed by atoms with Crippen LogP contribution in [0.25, 0.3) is 0 Å². The Morgan fingerprint density at radius 2 is 1.86 bits per heavy atom. The third-order valence-electron chi connectivity index (χ3n) is 2.97. The van der Waals surface area contributed by atoms with E-state index in [1.807, 2.05) is 30.3 Å². The van der Waals surface area contributed by atoms with Gasteiger partial charge in [-0.1, -0.05) is 30.3 Å². The molecular formula is C15H15F3N2O. The number of ether oxygens (including phenoxy) is 1. The van der Waals surface area contributed by atoms with Crippen molar-refractivity contribution in [1.82, 2.24) is 0 Å². The average molecular weight is 296 g/mol. The molecule has 2 N–H and O–H groups in total. The average Bonchev–Trinajstić information content (AvgIpc) is 2.42. The van der Waals surface area contributed by atoms with E-state index in [1.54, 1.807) is 11.9 Å². The second-order valence-electron chi connectivity index (χ2n) is 4.56. The smallest absolute Gasteiger partial charge is 0.387 e. The van der Waals surface area contributed by atoms with Crippen molar-refractivity contribution in [2.75, 3.05) is 17.7 Å². The van der Waals surface area contributed by atoms with Gasteiger partial charge < -0.3 is 15.4 Å². The van der Waals surface area contributed by atoms with Crippen LogP contribution in [0.5, 0.6) is 5.75 Å². The lowest BCUT2D eigenvalue weighted by Gasteiger charge is -2.22. The quantitative estimate of drug-likeness (QED) is 0.856. The van der Waals surface area contributed by atoms with Gasteiger partial charge in [0.1, 0.15) is 0 Å². The first-order chi connectivity index (χ1) is 9.97. The summed E-state index contributed by atoms with van der Waals surface area (Å²) >= 11 is 0. The van der Waals surface area contributed by atoms with Gasteiger partial charge in [-0.05, 0) is 5.56 Å². The molecule has 21 heavy (non-hydrogen) atoms. The van der Waals surface area contributed by atoms with Crippen LogP contribution in [0.4, 0.5) is 24.5 Å². The first-order valence-electron chi connectivity index (χ1n) is 6.26. The lowest BCUT2D eigenvalue weighted by molar-refractivity contribution is -0.0521. The molecule has 0 spiro atoms. The summed E-state index contributed by atoms with van der Waals surface area (Å²) in [7, 11) is 1.74. The van der Waals surface area contributed by atoms with E-state index < -0.39 is 18.2 Å². The summed E-state index contributed by atoms with van der Waals surface area (Å²) in [6.07, 6.45) is 0. The molecule has 2 aromatic carbocycles. The molecule has 112 valence electrons. The third kappa shape index (κ3) is 3.81. The lowest BCUT2D eigenvalue weighted by Crippen LogP contribution is -2.18. The van der Waals surface area contributed by atoms with E-state index in [2.05, 4.69) is 4.74 Å². The molecule has 2 aromatic rings. The normalized spacial score (nSPS) is 10.7. The molecule has 0 aliphatic heterocycles. The maximum Gasteiger partial charge on any atom is 0.387 e. The number of benzene rings is 2. The van der Waals surface area contributed by atoms with Gasteiger partial charge >= 0.3 is 6.61 Å². The summed E-state index contributed by atoms with van der Waals surface area (Å²) in [6, 6.07) is 11.7. The van der Waals surface area contributed by atoms with E-state index >= 15 is 0 Å². The molecule has 2 rings (SSSR count). The van der Waals surface area contributed by atoms with Crippen LogP contribution in [0.3, 0.4) is 0 Å². The molecule has 6 heteroatoms. The first-order valence-corrected chi connectivity index (χ1v) is 6.26. The van der Waals surface area contributed by atoms with Gasteiger partial charge in [0.15, 0.2) is 11.6 Å². The van der Waals surface area contributed by atoms with Gasteiger partial charge in [0.05, 0.1) is 11.4 Å². The summed E-state index contributed by atoms with van der Waals surface area (Å²) in [4.78, 5) is 1.74. The molecule has 0 aliphatic carbocycles. The van der Waals surface area contributed by atoms with Crippen molar-refractivity contribution in [2.45, 2.75) is 13.2 Å². The van der Waals surface area contributed by atoms with E-state index in [1.165, 1.54) is 6.07 Å². The molecule has 0 heterocycles. The highest BCUT2D eigenvalue weighted by molar-refractivity contribution is 5.69. The van der Waals surface area contributed by atoms with E-state index in [0.29, 0.717) is 12.2 Å². The lowest BCUT2D eigenvalue weighted by atomic mass is 10.2. The number of hydrogen-bond acceptors (Lipinski definition) is 3. The summed E-state index contributed by atoms with van der Waals surface area (Å²) in [5, 5.41) is 0. The van der Waals surface area contributed by atoms with Gasteiger partial charge in [0.2, 0.25) is 0 Å². The Balaban J connectivity index is 2.25. The number of nitrogens with two attached hydrogens (primary N) is 1. The Bertz CT molecular complexity index is 605. The number of anilines is 2. The van der Waals surface area contributed by atoms with Crippen molar-refractivity contribution in [3.05, 3.63) is 53.8 Å². The van der Waals surface area contributed by atoms with Crippen molar-refractivity contribution < 1.29 is 17.9 Å². The molecule has 0 bridgehead atoms. The summed E-state index contributed by atoms with van der Waals surface area (Å²) in [6.45, 7) is -2.58. The van der Waals surface area contributed by atoms with E-state index in [0.717, 1.165) is 11.6 Å². The second-order valence-corrected chi connectivity index (χ2v) is 4.56. The van der Waals surface area contributed by atoms with Gasteiger partial charge in [-0.15, -0.1) is 0 Å². The van der Waals surface area contributed by atoms with E-state index in [-0.39, 0.29) is 5.69 Å². The maximum atomic E-state index is 13.5. The summed E-state index contributed by atoms with van der Waals surface area (Å²) in [5.74, 6) is -1.43. The van der Waals surface area contributed by atoms with Crippen LogP contribution in [0, 0.1) is 5.82 Å². The molecule has 0 saturated heterocycles. The maximum absolute atomic E-state index is 13.5. The fourth-order valence-corrected chi connectivity index (χ4v) is 2.02. The molecule has 0 atom stereocenters. The van der Waals surface area contributed by atoms with Crippen molar-refractivity contribution in [1.29, 1.82) is 0 Å². The SMILES string of the molecule is CN(Cc1ccccc1)c1cc(OC(F)F)c(F)cc1N. The molecule has 0 radical (unpaired) electrons. The molecule has 0 aromatic heterocycles. The Morgan fingerprint density at radius 3 is 2.48 bits per heavy atom. The van der Waals surface area contributed by atoms with E-state index in [4.69, 9.17) is 5.73 Å². The van der Waals surface area contributed by atoms with Gasteiger partial charge in [0.25, 0.3) is 0 Å². The number of hydrogen-bond donors (Lipinski definition) is 1. The highest BCUT2D eigenvalue weighted by Crippen LogP contribution is 2.32. The Kier molecular flexibility index (Phi) is 4.57. The van der Waals surface area contributed by atoms with Gasteiger partial charge in [-0.25, -0.2) is 4.39 Å². The molecule has 0 unspecified atom stereocenters. The van der Waals surface area contributed by atoms with Crippen LogP contribution >= 0.6 is 0 Å². The standard InChI is InChI=1S/C15H15F3N2O/c1-20(9-10-5-3-2-4-6-10)13-8-14(21-15(17)18)11(16)7-12(13)19/h2-8,15H,9,19H2,1H3. The molecule has 0 fully saturated rings. The first kappa shape index (κ1) is 15.0. The highest BCUT2D eigenvalue weighted by Gasteiger charge is 2.15. The number of alkyl halides is 2. The zero-order valence-corrected chi connectivity index (χ0v) is 11.4. The minimum atomic E-state index is -3.09. The van der Waals surface area contributed by atoms with Crippen molar-refractivity contribution in [3.8, 4) is 5.75 Å². The van der Waals surface area contributed by atoms with Crippen LogP contribution in [-0.4, -0.2) is 13.7 Å². The second kappa shape index (κ2) is 6.39. The van der Waals surface area contributed by atoms with Gasteiger partial charge in [-0.3, -0.25) is 0 Å². The Hall–Kier alpha value is -2.37. The van der Waals surface area contributed by atoms with Crippen LogP contribution in [0.1, 0.15) is 5.56 Å². The van der Waals surface area contributed by atoms with Crippen molar-refractivity contribution in [3.63, 3.8) is 0 Å². The number of halogens is 3. The summed E-state index contributed by atoms with van der Waals surface area (Å²) in [5.41, 5.74) is 7.35. The van der Waals surface area contributed by atoms with Crippen LogP contribution in [0.15, 0.2) is 42.5 Å². The summed E-state index contributed by atoms with van der Waals surface area (Å²) < 4.78 is 42.2. The topological polar surface area (TPSA) is 38.5 Å². The minimum Gasteiger partial charge on any atom is -0.432 e. The largest absolute Gasteiger partial charge is 0.432 e. The van der Waals surface area contributed by atoms with E-state index in [9.17, 15) is 13.2 Å². The van der Waals surface area contributed by atoms with Gasteiger partial charge in [-0.2, -0.15) is 8.78 Å². The molecule has 0 saturated carbocycles. The Labute approximate surface area is 120 Å². The fourth-order valence-electron chi connectivity index (χ4n) is 2.02. The third-order valence-corrected chi connectivity index (χ3v) is 2.97. The van der Waals surface area contributed by atoms with Crippen LogP contribution < -0.4 is 15.4 Å². The predicted molar refractivity (Wildman–Crippen MR) is 76.0 cm³/mol. The van der Waals surface area contributed by atoms with Crippen LogP contribution in [-0.2, 0) is 6.54 Å². The predicted octanol–water partition coefficient (Wildman–Crippen LogP) is 3.65. The minimum absolute atomic E-state index is 0.160. The molecule has 0 amide bonds. The van der Waals surface area contributed by atoms with Crippen LogP contribution in [0.2, 0.25) is 0 Å².